The topological polar surface area (TPSA) is 38.0 Å². The van der Waals surface area contributed by atoms with Gasteiger partial charge in [0.2, 0.25) is 0 Å². The van der Waals surface area contributed by atoms with Gasteiger partial charge in [-0.05, 0) is 46.3 Å². The first kappa shape index (κ1) is 14.6. The fourth-order valence-electron chi connectivity index (χ4n) is 1.58. The summed E-state index contributed by atoms with van der Waals surface area (Å²) in [5, 5.41) is 4.43. The lowest BCUT2D eigenvalue weighted by atomic mass is 10.1. The van der Waals surface area contributed by atoms with E-state index in [1.807, 2.05) is 12.1 Å². The monoisotopic (exact) mass is 374 g/mol. The van der Waals surface area contributed by atoms with Gasteiger partial charge in [0.05, 0.1) is 20.9 Å². The van der Waals surface area contributed by atoms with Gasteiger partial charge in [-0.15, -0.1) is 0 Å². The highest BCUT2D eigenvalue weighted by molar-refractivity contribution is 9.10. The lowest BCUT2D eigenvalue weighted by Gasteiger charge is -2.13. The van der Waals surface area contributed by atoms with E-state index >= 15 is 0 Å². The van der Waals surface area contributed by atoms with Gasteiger partial charge in [-0.25, -0.2) is 0 Å². The van der Waals surface area contributed by atoms with Crippen molar-refractivity contribution in [2.75, 3.05) is 5.32 Å². The minimum Gasteiger partial charge on any atom is -0.389 e. The molecular weight excluding hydrogens is 367 g/mol. The van der Waals surface area contributed by atoms with Crippen LogP contribution in [0.3, 0.4) is 0 Å². The van der Waals surface area contributed by atoms with Crippen LogP contribution in [0.4, 0.5) is 11.4 Å². The third-order valence-electron chi connectivity index (χ3n) is 2.47. The molecule has 2 nitrogen and oxygen atoms in total. The first-order valence-electron chi connectivity index (χ1n) is 5.29. The number of hydrogen-bond acceptors (Lipinski definition) is 2. The van der Waals surface area contributed by atoms with Crippen molar-refractivity contribution >= 4 is 67.7 Å². The fraction of sp³-hybridized carbons (Fsp3) is 0. The van der Waals surface area contributed by atoms with Crippen molar-refractivity contribution in [3.63, 3.8) is 0 Å². The zero-order valence-electron chi connectivity index (χ0n) is 9.58. The summed E-state index contributed by atoms with van der Waals surface area (Å²) in [5.74, 6) is 0. The first-order valence-corrected chi connectivity index (χ1v) is 7.25. The molecular formula is C13H9BrCl2N2S. The Morgan fingerprint density at radius 2 is 1.89 bits per heavy atom. The molecule has 0 amide bonds. The summed E-state index contributed by atoms with van der Waals surface area (Å²) in [6, 6.07) is 10.8. The van der Waals surface area contributed by atoms with Gasteiger partial charge < -0.3 is 11.1 Å². The largest absolute Gasteiger partial charge is 0.389 e. The van der Waals surface area contributed by atoms with Crippen LogP contribution in [0.15, 0.2) is 40.9 Å². The molecule has 0 unspecified atom stereocenters. The Morgan fingerprint density at radius 1 is 1.16 bits per heavy atom. The number of hydrogen-bond donors (Lipinski definition) is 2. The second-order valence-electron chi connectivity index (χ2n) is 3.78. The van der Waals surface area contributed by atoms with Crippen LogP contribution in [0.2, 0.25) is 10.0 Å². The van der Waals surface area contributed by atoms with Crippen molar-refractivity contribution in [3.05, 3.63) is 56.5 Å². The number of halogens is 3. The van der Waals surface area contributed by atoms with Crippen LogP contribution < -0.4 is 11.1 Å². The predicted molar refractivity (Wildman–Crippen MR) is 89.8 cm³/mol. The highest BCUT2D eigenvalue weighted by atomic mass is 79.9. The van der Waals surface area contributed by atoms with Crippen molar-refractivity contribution in [1.29, 1.82) is 0 Å². The quantitative estimate of drug-likeness (QED) is 0.730. The molecule has 0 bridgehead atoms. The number of nitrogens with one attached hydrogen (secondary N) is 1. The molecule has 0 saturated carbocycles. The number of thiocarbonyl (C=S) groups is 1. The van der Waals surface area contributed by atoms with Gasteiger partial charge in [0.15, 0.2) is 0 Å². The molecule has 2 aromatic carbocycles. The summed E-state index contributed by atoms with van der Waals surface area (Å²) in [6.07, 6.45) is 0. The minimum atomic E-state index is 0.303. The molecule has 0 radical (unpaired) electrons. The second kappa shape index (κ2) is 6.09. The highest BCUT2D eigenvalue weighted by Gasteiger charge is 2.09. The summed E-state index contributed by atoms with van der Waals surface area (Å²) in [5.41, 5.74) is 7.98. The Morgan fingerprint density at radius 3 is 2.58 bits per heavy atom. The summed E-state index contributed by atoms with van der Waals surface area (Å²) in [4.78, 5) is 0.303. The summed E-state index contributed by atoms with van der Waals surface area (Å²) in [7, 11) is 0. The molecule has 0 aromatic heterocycles. The van der Waals surface area contributed by atoms with E-state index in [2.05, 4.69) is 21.2 Å². The summed E-state index contributed by atoms with van der Waals surface area (Å²) >= 11 is 20.5. The SMILES string of the molecule is NC(=S)c1ccc(Cl)cc1Nc1cccc(Cl)c1Br. The Bertz CT molecular complexity index is 647. The standard InChI is InChI=1S/C13H9BrCl2N2S/c14-12-9(16)2-1-3-10(12)18-11-6-7(15)4-5-8(11)13(17)19/h1-6,18H,(H2,17,19). The number of nitrogens with two attached hydrogens (primary N) is 1. The van der Waals surface area contributed by atoms with Crippen molar-refractivity contribution in [3.8, 4) is 0 Å². The van der Waals surface area contributed by atoms with Crippen LogP contribution in [0.1, 0.15) is 5.56 Å². The van der Waals surface area contributed by atoms with E-state index in [4.69, 9.17) is 41.2 Å². The Kier molecular flexibility index (Phi) is 4.68. The van der Waals surface area contributed by atoms with E-state index in [9.17, 15) is 0 Å². The van der Waals surface area contributed by atoms with Crippen LogP contribution in [-0.4, -0.2) is 4.99 Å². The minimum absolute atomic E-state index is 0.303. The Hall–Kier alpha value is -0.810. The van der Waals surface area contributed by atoms with Crippen LogP contribution in [0, 0.1) is 0 Å². The lowest BCUT2D eigenvalue weighted by Crippen LogP contribution is -2.12. The van der Waals surface area contributed by atoms with Gasteiger partial charge in [0, 0.05) is 10.6 Å². The first-order chi connectivity index (χ1) is 8.99. The molecule has 0 aliphatic carbocycles. The number of anilines is 2. The third-order valence-corrected chi connectivity index (χ3v) is 4.32. The van der Waals surface area contributed by atoms with E-state index in [1.165, 1.54) is 0 Å². The highest BCUT2D eigenvalue weighted by Crippen LogP contribution is 2.33. The number of rotatable bonds is 3. The van der Waals surface area contributed by atoms with Crippen LogP contribution in [-0.2, 0) is 0 Å². The van der Waals surface area contributed by atoms with Crippen molar-refractivity contribution < 1.29 is 0 Å². The third kappa shape index (κ3) is 3.39. The summed E-state index contributed by atoms with van der Waals surface area (Å²) < 4.78 is 0.769. The van der Waals surface area contributed by atoms with Gasteiger partial charge in [0.1, 0.15) is 4.99 Å². The average Bonchev–Trinajstić information content (AvgIpc) is 2.35. The van der Waals surface area contributed by atoms with Gasteiger partial charge in [0.25, 0.3) is 0 Å². The maximum atomic E-state index is 6.05. The van der Waals surface area contributed by atoms with Gasteiger partial charge in [-0.3, -0.25) is 0 Å². The van der Waals surface area contributed by atoms with E-state index in [0.29, 0.717) is 15.0 Å². The molecule has 0 saturated heterocycles. The van der Waals surface area contributed by atoms with Crippen molar-refractivity contribution in [2.45, 2.75) is 0 Å². The maximum Gasteiger partial charge on any atom is 0.106 e. The van der Waals surface area contributed by atoms with E-state index in [1.54, 1.807) is 24.3 Å². The van der Waals surface area contributed by atoms with Gasteiger partial charge >= 0.3 is 0 Å². The number of benzene rings is 2. The molecule has 3 N–H and O–H groups in total. The average molecular weight is 376 g/mol. The lowest BCUT2D eigenvalue weighted by molar-refractivity contribution is 1.50. The van der Waals surface area contributed by atoms with Crippen molar-refractivity contribution in [2.24, 2.45) is 5.73 Å². The molecule has 2 rings (SSSR count). The zero-order chi connectivity index (χ0) is 14.0. The Labute approximate surface area is 135 Å². The molecule has 19 heavy (non-hydrogen) atoms. The molecule has 98 valence electrons. The van der Waals surface area contributed by atoms with Gasteiger partial charge in [-0.2, -0.15) is 0 Å². The molecule has 0 atom stereocenters. The fourth-order valence-corrected chi connectivity index (χ4v) is 2.47. The molecule has 0 spiro atoms. The second-order valence-corrected chi connectivity index (χ2v) is 5.86. The maximum absolute atomic E-state index is 6.05. The van der Waals surface area contributed by atoms with E-state index < -0.39 is 0 Å². The zero-order valence-corrected chi connectivity index (χ0v) is 13.5. The molecule has 2 aromatic rings. The molecule has 0 fully saturated rings. The molecule has 6 heteroatoms. The van der Waals surface area contributed by atoms with Crippen molar-refractivity contribution in [1.82, 2.24) is 0 Å². The summed E-state index contributed by atoms with van der Waals surface area (Å²) in [6.45, 7) is 0. The molecule has 0 heterocycles. The molecule has 0 aliphatic rings. The van der Waals surface area contributed by atoms with E-state index in [0.717, 1.165) is 21.4 Å². The smallest absolute Gasteiger partial charge is 0.106 e. The van der Waals surface area contributed by atoms with E-state index in [-0.39, 0.29) is 0 Å². The predicted octanol–water partition coefficient (Wildman–Crippen LogP) is 5.13. The Balaban J connectivity index is 2.45. The molecule has 0 aliphatic heterocycles. The van der Waals surface area contributed by atoms with Gasteiger partial charge in [-0.1, -0.05) is 41.5 Å². The van der Waals surface area contributed by atoms with Crippen LogP contribution in [0.25, 0.3) is 0 Å². The van der Waals surface area contributed by atoms with Crippen LogP contribution in [0.5, 0.6) is 0 Å². The van der Waals surface area contributed by atoms with Crippen LogP contribution >= 0.6 is 51.3 Å². The normalized spacial score (nSPS) is 10.3.